The van der Waals surface area contributed by atoms with Gasteiger partial charge in [0.15, 0.2) is 0 Å². The number of esters is 18. The predicted octanol–water partition coefficient (Wildman–Crippen LogP) is 9.34. The molecule has 40 heteroatoms. The lowest BCUT2D eigenvalue weighted by Gasteiger charge is -2.09. The fraction of sp³-hybridized carbons (Fsp3) is 0.634. The van der Waals surface area contributed by atoms with E-state index in [1.54, 1.807) is 27.7 Å². The first kappa shape index (κ1) is 130. The van der Waals surface area contributed by atoms with Crippen molar-refractivity contribution >= 4 is 107 Å². The molecule has 0 aromatic rings. The summed E-state index contributed by atoms with van der Waals surface area (Å²) in [4.78, 5) is 210. The zero-order valence-electron chi connectivity index (χ0n) is 78.6. The van der Waals surface area contributed by atoms with Crippen molar-refractivity contribution in [2.75, 3.05) is 145 Å². The molecule has 0 aliphatic rings. The third-order valence-corrected chi connectivity index (χ3v) is 16.5. The van der Waals surface area contributed by atoms with Crippen LogP contribution in [0, 0.1) is 0 Å². The molecule has 0 aromatic carbocycles. The van der Waals surface area contributed by atoms with Crippen molar-refractivity contribution in [1.29, 1.82) is 0 Å². The lowest BCUT2D eigenvalue weighted by molar-refractivity contribution is -0.156. The molecular formula is C93H144O40. The Morgan fingerprint density at radius 2 is 0.271 bits per heavy atom. The van der Waals surface area contributed by atoms with Crippen molar-refractivity contribution in [2.45, 2.75) is 241 Å². The number of carbonyl (C=O) groups is 18. The summed E-state index contributed by atoms with van der Waals surface area (Å²) in [5.41, 5.74) is -3.20. The number of aliphatic hydroxyl groups is 4. The molecule has 4 N–H and O–H groups in total. The molecule has 756 valence electrons. The van der Waals surface area contributed by atoms with Crippen molar-refractivity contribution in [3.8, 4) is 0 Å². The summed E-state index contributed by atoms with van der Waals surface area (Å²) >= 11 is 0. The van der Waals surface area contributed by atoms with Crippen LogP contribution < -0.4 is 0 Å². The topological polar surface area (TPSA) is 554 Å². The van der Waals surface area contributed by atoms with Gasteiger partial charge in [-0.25, -0.2) is 76.7 Å². The van der Waals surface area contributed by atoms with E-state index in [1.807, 2.05) is 13.8 Å². The van der Waals surface area contributed by atoms with E-state index in [4.69, 9.17) is 86.7 Å². The maximum atomic E-state index is 12.2. The predicted molar refractivity (Wildman–Crippen MR) is 476 cm³/mol. The molecule has 0 fully saturated rings. The molecule has 0 aliphatic heterocycles. The van der Waals surface area contributed by atoms with E-state index in [1.165, 1.54) is 0 Å². The number of rotatable bonds is 74. The highest BCUT2D eigenvalue weighted by atomic mass is 16.6. The van der Waals surface area contributed by atoms with Gasteiger partial charge in [0.1, 0.15) is 51.0 Å². The van der Waals surface area contributed by atoms with Gasteiger partial charge in [-0.05, 0) is 195 Å². The lowest BCUT2D eigenvalue weighted by Crippen LogP contribution is -2.19. The van der Waals surface area contributed by atoms with Crippen LogP contribution >= 0.6 is 0 Å². The van der Waals surface area contributed by atoms with Gasteiger partial charge in [-0.15, -0.1) is 0 Å². The highest BCUT2D eigenvalue weighted by Gasteiger charge is 2.26. The average molecular weight is 1900 g/mol. The number of hydrogen-bond donors (Lipinski definition) is 4. The largest absolute Gasteiger partial charge is 0.465 e. The second kappa shape index (κ2) is 90.7. The quantitative estimate of drug-likeness (QED) is 0.0110. The number of carbonyl (C=O) groups excluding carboxylic acids is 18. The van der Waals surface area contributed by atoms with Crippen LogP contribution in [0.1, 0.15) is 241 Å². The minimum Gasteiger partial charge on any atom is -0.465 e. The number of aliphatic hydroxyl groups excluding tert-OH is 4. The highest BCUT2D eigenvalue weighted by Crippen LogP contribution is 2.13. The summed E-state index contributed by atoms with van der Waals surface area (Å²) in [5.74, 6) is -14.9. The van der Waals surface area contributed by atoms with Gasteiger partial charge in [0.05, 0.1) is 119 Å². The summed E-state index contributed by atoms with van der Waals surface area (Å²) in [6.45, 7) is 39.9. The molecule has 0 aromatic heterocycles. The average Bonchev–Trinajstić information content (AvgIpc) is 0.936. The number of hydrogen-bond acceptors (Lipinski definition) is 40. The molecule has 133 heavy (non-hydrogen) atoms. The van der Waals surface area contributed by atoms with Crippen LogP contribution in [0.2, 0.25) is 0 Å². The van der Waals surface area contributed by atoms with E-state index in [9.17, 15) is 86.3 Å². The summed E-state index contributed by atoms with van der Waals surface area (Å²) in [6, 6.07) is 0. The Labute approximate surface area is 779 Å². The molecule has 0 radical (unpaired) electrons. The van der Waals surface area contributed by atoms with Crippen LogP contribution in [-0.2, 0) is 172 Å². The van der Waals surface area contributed by atoms with Crippen LogP contribution in [0.15, 0.2) is 97.2 Å². The molecule has 0 spiro atoms. The molecule has 0 heterocycles. The van der Waals surface area contributed by atoms with Gasteiger partial charge in [-0.2, -0.15) is 0 Å². The van der Waals surface area contributed by atoms with Crippen molar-refractivity contribution < 1.29 is 192 Å². The Bertz CT molecular complexity index is 3350. The van der Waals surface area contributed by atoms with Gasteiger partial charge in [0.2, 0.25) is 0 Å². The normalized spacial score (nSPS) is 10.0. The fourth-order valence-electron chi connectivity index (χ4n) is 8.95. The van der Waals surface area contributed by atoms with Crippen LogP contribution in [0.25, 0.3) is 0 Å². The molecule has 0 saturated heterocycles. The Balaban J connectivity index is -0.000000689. The summed E-state index contributed by atoms with van der Waals surface area (Å²) in [7, 11) is 0. The van der Waals surface area contributed by atoms with Gasteiger partial charge in [0.25, 0.3) is 0 Å². The summed E-state index contributed by atoms with van der Waals surface area (Å²) in [5, 5.41) is 33.5. The zero-order chi connectivity index (χ0) is 101. The van der Waals surface area contributed by atoms with Crippen molar-refractivity contribution in [1.82, 2.24) is 0 Å². The van der Waals surface area contributed by atoms with E-state index in [-0.39, 0.29) is 180 Å². The van der Waals surface area contributed by atoms with Crippen LogP contribution in [0.4, 0.5) is 0 Å². The molecule has 0 atom stereocenters. The minimum absolute atomic E-state index is 0.0160. The zero-order valence-corrected chi connectivity index (χ0v) is 78.6. The molecular weight excluding hydrogens is 1760 g/mol. The summed E-state index contributed by atoms with van der Waals surface area (Å²) in [6.07, 6.45) is 18.4. The smallest absolute Gasteiger partial charge is 0.344 e. The Hall–Kier alpha value is -11.8. The molecule has 40 nitrogen and oxygen atoms in total. The number of ether oxygens (including phenoxy) is 18. The molecule has 0 amide bonds. The van der Waals surface area contributed by atoms with Crippen LogP contribution in [-0.4, -0.2) is 273 Å². The minimum atomic E-state index is -0.960. The van der Waals surface area contributed by atoms with E-state index in [0.717, 1.165) is 57.8 Å². The molecule has 0 rings (SSSR count). The van der Waals surface area contributed by atoms with Gasteiger partial charge in [-0.1, -0.05) is 92.2 Å². The van der Waals surface area contributed by atoms with Crippen LogP contribution in [0.5, 0.6) is 0 Å². The van der Waals surface area contributed by atoms with Gasteiger partial charge >= 0.3 is 107 Å². The molecule has 0 unspecified atom stereocenters. The van der Waals surface area contributed by atoms with Gasteiger partial charge in [0, 0.05) is 26.4 Å². The standard InChI is InChI=1S/C50H72O20.C17H24O8.C13H24O6.C8H12O4.C5H12O2/c1-8-10-16-26-61-41(51)36(3)43(53)63-28-18-12-20-30-65-45(55)38(5)47(57)67-32-22-14-24-34-69-49(59)40(7)50(60)70-35-25-15-23-33-68-48(58)39(6)46(56)66-31-21-13-19-29-64-44(54)37(4)42(52)62-27-17-11-9-2;1-5-22-14(18)12(3)16(20)24-10-8-7-9-11-25-17(21)13(4)15(19)23-6-2;14-7-3-1-5-9-18-12(16)11-13(17)19-10-6-2-4-8-15;1-4-11-7(9)6(3)8(10)12-5-2;6-4-2-1-3-5-7/h3-35H2,1-2H3;3-11H2,1-2H3;14-15H,1-11H2;3-5H2,1-2H3;6-7H,1-5H2. The van der Waals surface area contributed by atoms with E-state index in [2.05, 4.69) is 71.6 Å². The van der Waals surface area contributed by atoms with Crippen LogP contribution in [0.3, 0.4) is 0 Å². The Kier molecular flexibility index (Phi) is 88.5. The monoisotopic (exact) mass is 1900 g/mol. The molecule has 0 aliphatic carbocycles. The van der Waals surface area contributed by atoms with E-state index in [0.29, 0.717) is 135 Å². The first-order chi connectivity index (χ1) is 63.6. The SMILES string of the molecule is C=C(C(=O)OCC)C(=O)OCC.C=C(C(=O)OCC)C(=O)OCCCCCOC(=O)C(=C)C(=O)OCC.C=C(C(=O)OCCCCC)C(=O)OCCCCCOC(=O)C(=C)C(=O)OCCCCCOC(=O)C(=C)C(=O)OCCCCCOC(=O)C(=C)C(=O)OCCCCCOC(=O)C(=C)C(=O)OCCCCC.O=C(CC(=O)OCCCCCO)OCCCCCO.OCCCCCO. The molecule has 0 bridgehead atoms. The van der Waals surface area contributed by atoms with E-state index >= 15 is 0 Å². The van der Waals surface area contributed by atoms with Gasteiger partial charge < -0.3 is 106 Å². The Morgan fingerprint density at radius 3 is 0.398 bits per heavy atom. The van der Waals surface area contributed by atoms with Crippen molar-refractivity contribution in [3.63, 3.8) is 0 Å². The second-order valence-electron chi connectivity index (χ2n) is 27.8. The fourth-order valence-corrected chi connectivity index (χ4v) is 8.95. The number of unbranched alkanes of at least 4 members (excludes halogenated alkanes) is 20. The third-order valence-electron chi connectivity index (χ3n) is 16.5. The second-order valence-corrected chi connectivity index (χ2v) is 27.8. The van der Waals surface area contributed by atoms with Gasteiger partial charge in [-0.3, -0.25) is 9.59 Å². The first-order valence-corrected chi connectivity index (χ1v) is 44.6. The Morgan fingerprint density at radius 1 is 0.158 bits per heavy atom. The maximum Gasteiger partial charge on any atom is 0.344 e. The van der Waals surface area contributed by atoms with Crippen molar-refractivity contribution in [2.24, 2.45) is 0 Å². The third kappa shape index (κ3) is 76.5. The van der Waals surface area contributed by atoms with E-state index < -0.39 is 124 Å². The van der Waals surface area contributed by atoms with Crippen molar-refractivity contribution in [3.05, 3.63) is 97.2 Å². The first-order valence-electron chi connectivity index (χ1n) is 44.6. The lowest BCUT2D eigenvalue weighted by atomic mass is 10.2. The highest BCUT2D eigenvalue weighted by molar-refractivity contribution is 6.17. The maximum absolute atomic E-state index is 12.2. The molecule has 0 saturated carbocycles. The summed E-state index contributed by atoms with van der Waals surface area (Å²) < 4.78 is 88.0.